The first-order valence-corrected chi connectivity index (χ1v) is 4.11. The molecule has 1 rings (SSSR count). The zero-order valence-electron chi connectivity index (χ0n) is 7.14. The molecule has 1 heterocycles. The van der Waals surface area contributed by atoms with Crippen molar-refractivity contribution in [3.05, 3.63) is 0 Å². The lowest BCUT2D eigenvalue weighted by Gasteiger charge is -2.36. The molecule has 0 atom stereocenters. The van der Waals surface area contributed by atoms with Gasteiger partial charge in [-0.15, -0.1) is 0 Å². The summed E-state index contributed by atoms with van der Waals surface area (Å²) in [5.74, 6) is 0.0138. The normalized spacial score (nSPS) is 22.9. The van der Waals surface area contributed by atoms with E-state index in [-0.39, 0.29) is 18.1 Å². The van der Waals surface area contributed by atoms with Gasteiger partial charge in [-0.05, 0) is 12.8 Å². The zero-order valence-corrected chi connectivity index (χ0v) is 7.14. The van der Waals surface area contributed by atoms with Crippen molar-refractivity contribution in [2.75, 3.05) is 13.2 Å². The number of carbonyl (C=O) groups is 1. The molecule has 0 bridgehead atoms. The van der Waals surface area contributed by atoms with Crippen LogP contribution in [0.4, 0.5) is 0 Å². The van der Waals surface area contributed by atoms with Gasteiger partial charge in [0.25, 0.3) is 0 Å². The Kier molecular flexibility index (Phi) is 2.49. The molecule has 0 aromatic rings. The lowest BCUT2D eigenvalue weighted by atomic mass is 9.93. The summed E-state index contributed by atoms with van der Waals surface area (Å²) < 4.78 is 5.17. The fourth-order valence-electron chi connectivity index (χ4n) is 1.34. The van der Waals surface area contributed by atoms with Crippen LogP contribution in [-0.2, 0) is 9.53 Å². The van der Waals surface area contributed by atoms with Crippen LogP contribution in [0.15, 0.2) is 0 Å². The Morgan fingerprint density at radius 3 is 2.55 bits per heavy atom. The van der Waals surface area contributed by atoms with Crippen molar-refractivity contribution in [1.82, 2.24) is 5.32 Å². The van der Waals surface area contributed by atoms with E-state index >= 15 is 0 Å². The van der Waals surface area contributed by atoms with E-state index in [1.807, 2.05) is 0 Å². The van der Waals surface area contributed by atoms with Gasteiger partial charge in [0.1, 0.15) is 6.61 Å². The molecule has 1 amide bonds. The van der Waals surface area contributed by atoms with Gasteiger partial charge in [-0.3, -0.25) is 4.79 Å². The number of nitrogens with one attached hydrogen (secondary N) is 1. The number of hydrogen-bond donors (Lipinski definition) is 1. The van der Waals surface area contributed by atoms with Crippen LogP contribution in [0.25, 0.3) is 0 Å². The predicted octanol–water partition coefficient (Wildman–Crippen LogP) is 0.692. The second kappa shape index (κ2) is 3.22. The van der Waals surface area contributed by atoms with Gasteiger partial charge in [0.2, 0.25) is 5.91 Å². The van der Waals surface area contributed by atoms with Gasteiger partial charge in [0.15, 0.2) is 0 Å². The average Bonchev–Trinajstić information content (AvgIpc) is 2.04. The van der Waals surface area contributed by atoms with Crippen LogP contribution in [-0.4, -0.2) is 24.7 Å². The van der Waals surface area contributed by atoms with Crippen LogP contribution in [0, 0.1) is 0 Å². The van der Waals surface area contributed by atoms with Gasteiger partial charge in [-0.2, -0.15) is 0 Å². The first-order valence-electron chi connectivity index (χ1n) is 4.11. The maximum absolute atomic E-state index is 11.0. The molecule has 1 aliphatic rings. The zero-order chi connectivity index (χ0) is 8.32. The molecule has 1 saturated heterocycles. The second-order valence-corrected chi connectivity index (χ2v) is 3.03. The molecule has 1 N–H and O–H groups in total. The van der Waals surface area contributed by atoms with Crippen molar-refractivity contribution < 1.29 is 9.53 Å². The largest absolute Gasteiger partial charge is 0.369 e. The number of hydrogen-bond acceptors (Lipinski definition) is 2. The molecule has 0 aliphatic carbocycles. The van der Waals surface area contributed by atoms with Gasteiger partial charge in [0, 0.05) is 0 Å². The van der Waals surface area contributed by atoms with Crippen LogP contribution in [0.2, 0.25) is 0 Å². The highest BCUT2D eigenvalue weighted by atomic mass is 16.5. The average molecular weight is 157 g/mol. The molecule has 1 fully saturated rings. The van der Waals surface area contributed by atoms with Crippen LogP contribution < -0.4 is 5.32 Å². The first kappa shape index (κ1) is 8.53. The molecule has 11 heavy (non-hydrogen) atoms. The molecule has 0 unspecified atom stereocenters. The molecule has 3 nitrogen and oxygen atoms in total. The number of rotatable bonds is 2. The third-order valence-corrected chi connectivity index (χ3v) is 2.37. The Labute approximate surface area is 67.1 Å². The molecule has 0 radical (unpaired) electrons. The van der Waals surface area contributed by atoms with Crippen LogP contribution in [0.5, 0.6) is 0 Å². The van der Waals surface area contributed by atoms with E-state index in [0.29, 0.717) is 6.61 Å². The molecule has 0 spiro atoms. The van der Waals surface area contributed by atoms with E-state index < -0.39 is 0 Å². The van der Waals surface area contributed by atoms with E-state index in [2.05, 4.69) is 19.2 Å². The van der Waals surface area contributed by atoms with Gasteiger partial charge < -0.3 is 10.1 Å². The Bertz CT molecular complexity index is 152. The minimum atomic E-state index is -0.0880. The monoisotopic (exact) mass is 157 g/mol. The minimum absolute atomic E-state index is 0.0138. The summed E-state index contributed by atoms with van der Waals surface area (Å²) in [4.78, 5) is 11.0. The summed E-state index contributed by atoms with van der Waals surface area (Å²) in [7, 11) is 0. The Balaban J connectivity index is 2.59. The summed E-state index contributed by atoms with van der Waals surface area (Å²) in [5.41, 5.74) is -0.0880. The lowest BCUT2D eigenvalue weighted by molar-refractivity contribution is -0.135. The second-order valence-electron chi connectivity index (χ2n) is 3.03. The topological polar surface area (TPSA) is 38.3 Å². The Morgan fingerprint density at radius 2 is 2.18 bits per heavy atom. The number of carbonyl (C=O) groups excluding carboxylic acids is 1. The van der Waals surface area contributed by atoms with Crippen molar-refractivity contribution >= 4 is 5.91 Å². The van der Waals surface area contributed by atoms with E-state index in [9.17, 15) is 4.79 Å². The smallest absolute Gasteiger partial charge is 0.246 e. The van der Waals surface area contributed by atoms with Crippen molar-refractivity contribution in [1.29, 1.82) is 0 Å². The molecular formula is C8H15NO2. The summed E-state index contributed by atoms with van der Waals surface area (Å²) in [5, 5.41) is 2.97. The van der Waals surface area contributed by atoms with Gasteiger partial charge in [-0.1, -0.05) is 13.8 Å². The van der Waals surface area contributed by atoms with Crippen molar-refractivity contribution in [2.24, 2.45) is 0 Å². The summed E-state index contributed by atoms with van der Waals surface area (Å²) in [6, 6.07) is 0. The summed E-state index contributed by atoms with van der Waals surface area (Å²) in [6.07, 6.45) is 1.88. The summed E-state index contributed by atoms with van der Waals surface area (Å²) in [6.45, 7) is 5.02. The highest BCUT2D eigenvalue weighted by Crippen LogP contribution is 2.17. The fraction of sp³-hybridized carbons (Fsp3) is 0.875. The van der Waals surface area contributed by atoms with Gasteiger partial charge >= 0.3 is 0 Å². The molecule has 0 aromatic heterocycles. The fourth-order valence-corrected chi connectivity index (χ4v) is 1.34. The van der Waals surface area contributed by atoms with Gasteiger partial charge in [-0.25, -0.2) is 0 Å². The van der Waals surface area contributed by atoms with E-state index in [1.165, 1.54) is 0 Å². The minimum Gasteiger partial charge on any atom is -0.369 e. The van der Waals surface area contributed by atoms with Gasteiger partial charge in [0.05, 0.1) is 12.1 Å². The van der Waals surface area contributed by atoms with Crippen LogP contribution >= 0.6 is 0 Å². The van der Waals surface area contributed by atoms with Crippen molar-refractivity contribution in [3.8, 4) is 0 Å². The highest BCUT2D eigenvalue weighted by molar-refractivity contribution is 5.78. The first-order chi connectivity index (χ1) is 5.22. The van der Waals surface area contributed by atoms with E-state index in [1.54, 1.807) is 0 Å². The Hall–Kier alpha value is -0.570. The van der Waals surface area contributed by atoms with Crippen molar-refractivity contribution in [3.63, 3.8) is 0 Å². The van der Waals surface area contributed by atoms with E-state index in [0.717, 1.165) is 12.8 Å². The van der Waals surface area contributed by atoms with E-state index in [4.69, 9.17) is 4.74 Å². The number of ether oxygens (including phenoxy) is 1. The summed E-state index contributed by atoms with van der Waals surface area (Å²) >= 11 is 0. The maximum atomic E-state index is 11.0. The molecule has 3 heteroatoms. The third-order valence-electron chi connectivity index (χ3n) is 2.37. The SMILES string of the molecule is CCC1(CC)COCC(=O)N1. The number of morpholine rings is 1. The molecular weight excluding hydrogens is 142 g/mol. The quantitative estimate of drug-likeness (QED) is 0.640. The Morgan fingerprint density at radius 1 is 1.55 bits per heavy atom. The lowest BCUT2D eigenvalue weighted by Crippen LogP contribution is -2.56. The van der Waals surface area contributed by atoms with Crippen LogP contribution in [0.3, 0.4) is 0 Å². The molecule has 0 aromatic carbocycles. The molecule has 64 valence electrons. The molecule has 1 aliphatic heterocycles. The third kappa shape index (κ3) is 1.71. The van der Waals surface area contributed by atoms with Crippen LogP contribution in [0.1, 0.15) is 26.7 Å². The highest BCUT2D eigenvalue weighted by Gasteiger charge is 2.31. The predicted molar refractivity (Wildman–Crippen MR) is 42.3 cm³/mol. The maximum Gasteiger partial charge on any atom is 0.246 e. The number of amides is 1. The van der Waals surface area contributed by atoms with Crippen molar-refractivity contribution in [2.45, 2.75) is 32.2 Å². The standard InChI is InChI=1S/C8H15NO2/c1-3-8(4-2)6-11-5-7(10)9-8/h3-6H2,1-2H3,(H,9,10). The molecule has 0 saturated carbocycles.